The maximum absolute atomic E-state index is 12.8. The Morgan fingerprint density at radius 2 is 2.12 bits per heavy atom. The summed E-state index contributed by atoms with van der Waals surface area (Å²) in [5.41, 5.74) is -1.23. The van der Waals surface area contributed by atoms with Crippen molar-refractivity contribution in [2.75, 3.05) is 7.11 Å². The highest BCUT2D eigenvalue weighted by molar-refractivity contribution is 5.77. The molecule has 1 rings (SSSR count). The number of aldehydes is 1. The van der Waals surface area contributed by atoms with E-state index in [1.165, 1.54) is 0 Å². The normalized spacial score (nSPS) is 10.8. The van der Waals surface area contributed by atoms with Crippen LogP contribution in [0.4, 0.5) is 13.2 Å². The Morgan fingerprint density at radius 3 is 2.53 bits per heavy atom. The molecule has 0 saturated heterocycles. The van der Waals surface area contributed by atoms with Gasteiger partial charge < -0.3 is 4.74 Å². The lowest BCUT2D eigenvalue weighted by Crippen LogP contribution is -2.12. The molecule has 0 aromatic heterocycles. The van der Waals surface area contributed by atoms with E-state index in [4.69, 9.17) is 5.26 Å². The summed E-state index contributed by atoms with van der Waals surface area (Å²) in [5, 5.41) is 8.49. The molecule has 1 aromatic carbocycles. The third-order valence-corrected chi connectivity index (χ3v) is 2.12. The van der Waals surface area contributed by atoms with Crippen LogP contribution in [0.15, 0.2) is 12.1 Å². The Kier molecular flexibility index (Phi) is 3.73. The lowest BCUT2D eigenvalue weighted by molar-refractivity contribution is -0.139. The fourth-order valence-corrected chi connectivity index (χ4v) is 1.47. The number of methoxy groups -OCH3 is 1. The molecular formula is C11H8F3NO2. The van der Waals surface area contributed by atoms with E-state index in [9.17, 15) is 18.0 Å². The van der Waals surface area contributed by atoms with E-state index in [1.807, 2.05) is 0 Å². The molecule has 0 aliphatic heterocycles. The zero-order valence-electron chi connectivity index (χ0n) is 8.84. The van der Waals surface area contributed by atoms with Gasteiger partial charge in [0.25, 0.3) is 0 Å². The molecular weight excluding hydrogens is 235 g/mol. The fraction of sp³-hybridized carbons (Fsp3) is 0.273. The number of hydrogen-bond acceptors (Lipinski definition) is 3. The van der Waals surface area contributed by atoms with E-state index in [1.54, 1.807) is 6.07 Å². The smallest absolute Gasteiger partial charge is 0.420 e. The van der Waals surface area contributed by atoms with Crippen molar-refractivity contribution < 1.29 is 22.7 Å². The molecule has 0 saturated carbocycles. The Balaban J connectivity index is 3.53. The highest BCUT2D eigenvalue weighted by Gasteiger charge is 2.37. The average molecular weight is 243 g/mol. The number of ether oxygens (including phenoxy) is 1. The molecule has 0 atom stereocenters. The van der Waals surface area contributed by atoms with Gasteiger partial charge in [-0.1, -0.05) is 0 Å². The van der Waals surface area contributed by atoms with Crippen LogP contribution in [0.25, 0.3) is 0 Å². The number of hydrogen-bond donors (Lipinski definition) is 0. The van der Waals surface area contributed by atoms with Gasteiger partial charge in [-0.25, -0.2) is 0 Å². The summed E-state index contributed by atoms with van der Waals surface area (Å²) in [6, 6.07) is 3.67. The molecule has 0 unspecified atom stereocenters. The Morgan fingerprint density at radius 1 is 1.47 bits per heavy atom. The number of carbonyl (C=O) groups excluding carboxylic acids is 1. The van der Waals surface area contributed by atoms with Gasteiger partial charge in [-0.2, -0.15) is 18.4 Å². The van der Waals surface area contributed by atoms with Crippen LogP contribution < -0.4 is 4.74 Å². The number of alkyl halides is 3. The monoisotopic (exact) mass is 243 g/mol. The van der Waals surface area contributed by atoms with Gasteiger partial charge in [0.1, 0.15) is 17.6 Å². The fourth-order valence-electron chi connectivity index (χ4n) is 1.47. The van der Waals surface area contributed by atoms with E-state index < -0.39 is 23.9 Å². The molecule has 6 heteroatoms. The average Bonchev–Trinajstić information content (AvgIpc) is 2.26. The number of rotatable bonds is 3. The highest BCUT2D eigenvalue weighted by Crippen LogP contribution is 2.39. The molecule has 0 aliphatic carbocycles. The molecule has 0 fully saturated rings. The predicted octanol–water partition coefficient (Wildman–Crippen LogP) is 2.59. The maximum Gasteiger partial charge on any atom is 0.420 e. The molecule has 90 valence electrons. The minimum absolute atomic E-state index is 0.0418. The second-order valence-electron chi connectivity index (χ2n) is 3.21. The van der Waals surface area contributed by atoms with Crippen molar-refractivity contribution in [2.45, 2.75) is 12.6 Å². The zero-order chi connectivity index (χ0) is 13.1. The van der Waals surface area contributed by atoms with Crippen LogP contribution in [0.2, 0.25) is 0 Å². The van der Waals surface area contributed by atoms with Gasteiger partial charge >= 0.3 is 6.18 Å². The second-order valence-corrected chi connectivity index (χ2v) is 3.21. The zero-order valence-corrected chi connectivity index (χ0v) is 8.84. The van der Waals surface area contributed by atoms with E-state index in [0.717, 1.165) is 19.2 Å². The van der Waals surface area contributed by atoms with E-state index >= 15 is 0 Å². The predicted molar refractivity (Wildman–Crippen MR) is 52.7 cm³/mol. The molecule has 0 spiro atoms. The van der Waals surface area contributed by atoms with Crippen molar-refractivity contribution in [2.24, 2.45) is 0 Å². The van der Waals surface area contributed by atoms with Gasteiger partial charge in [-0.15, -0.1) is 0 Å². The summed E-state index contributed by atoms with van der Waals surface area (Å²) in [4.78, 5) is 10.6. The lowest BCUT2D eigenvalue weighted by Gasteiger charge is -2.15. The van der Waals surface area contributed by atoms with Crippen LogP contribution in [0.5, 0.6) is 5.75 Å². The van der Waals surface area contributed by atoms with Crippen molar-refractivity contribution in [1.82, 2.24) is 0 Å². The van der Waals surface area contributed by atoms with Gasteiger partial charge in [-0.3, -0.25) is 4.79 Å². The van der Waals surface area contributed by atoms with Gasteiger partial charge in [0.2, 0.25) is 0 Å². The topological polar surface area (TPSA) is 50.1 Å². The van der Waals surface area contributed by atoms with Crippen molar-refractivity contribution in [3.63, 3.8) is 0 Å². The SMILES string of the molecule is COc1cc(C=O)cc(CC#N)c1C(F)(F)F. The van der Waals surface area contributed by atoms with Gasteiger partial charge in [0.15, 0.2) is 0 Å². The molecule has 0 amide bonds. The third kappa shape index (κ3) is 2.75. The van der Waals surface area contributed by atoms with Gasteiger partial charge in [0, 0.05) is 5.56 Å². The molecule has 0 bridgehead atoms. The Labute approximate surface area is 95.4 Å². The van der Waals surface area contributed by atoms with Crippen molar-refractivity contribution in [1.29, 1.82) is 5.26 Å². The van der Waals surface area contributed by atoms with Crippen LogP contribution in [0, 0.1) is 11.3 Å². The van der Waals surface area contributed by atoms with E-state index in [2.05, 4.69) is 4.74 Å². The highest BCUT2D eigenvalue weighted by atomic mass is 19.4. The molecule has 1 aromatic rings. The summed E-state index contributed by atoms with van der Waals surface area (Å²) >= 11 is 0. The molecule has 0 aliphatic rings. The second kappa shape index (κ2) is 4.87. The van der Waals surface area contributed by atoms with E-state index in [-0.39, 0.29) is 11.1 Å². The van der Waals surface area contributed by atoms with Crippen LogP contribution in [-0.2, 0) is 12.6 Å². The number of carbonyl (C=O) groups is 1. The quantitative estimate of drug-likeness (QED) is 0.766. The van der Waals surface area contributed by atoms with Crippen LogP contribution in [0.3, 0.4) is 0 Å². The summed E-state index contributed by atoms with van der Waals surface area (Å²) < 4.78 is 42.9. The molecule has 3 nitrogen and oxygen atoms in total. The number of nitriles is 1. The van der Waals surface area contributed by atoms with Crippen LogP contribution >= 0.6 is 0 Å². The van der Waals surface area contributed by atoms with Crippen LogP contribution in [-0.4, -0.2) is 13.4 Å². The van der Waals surface area contributed by atoms with Crippen LogP contribution in [0.1, 0.15) is 21.5 Å². The Bertz CT molecular complexity index is 475. The van der Waals surface area contributed by atoms with E-state index in [0.29, 0.717) is 6.29 Å². The summed E-state index contributed by atoms with van der Waals surface area (Å²) in [5.74, 6) is -0.452. The minimum Gasteiger partial charge on any atom is -0.496 e. The molecule has 0 N–H and O–H groups in total. The Hall–Kier alpha value is -2.03. The summed E-state index contributed by atoms with van der Waals surface area (Å²) in [6.45, 7) is 0. The summed E-state index contributed by atoms with van der Waals surface area (Å²) in [7, 11) is 1.08. The largest absolute Gasteiger partial charge is 0.496 e. The number of halogens is 3. The van der Waals surface area contributed by atoms with Crippen molar-refractivity contribution in [3.05, 3.63) is 28.8 Å². The van der Waals surface area contributed by atoms with Gasteiger partial charge in [0.05, 0.1) is 19.6 Å². The van der Waals surface area contributed by atoms with Gasteiger partial charge in [-0.05, 0) is 17.7 Å². The van der Waals surface area contributed by atoms with Crippen molar-refractivity contribution >= 4 is 6.29 Å². The summed E-state index contributed by atoms with van der Waals surface area (Å²) in [6.07, 6.45) is -4.66. The minimum atomic E-state index is -4.63. The third-order valence-electron chi connectivity index (χ3n) is 2.12. The molecule has 0 radical (unpaired) electrons. The first-order valence-corrected chi connectivity index (χ1v) is 4.54. The first kappa shape index (κ1) is 13.0. The first-order chi connectivity index (χ1) is 7.93. The lowest BCUT2D eigenvalue weighted by atomic mass is 10.0. The number of benzene rings is 1. The van der Waals surface area contributed by atoms with Crippen molar-refractivity contribution in [3.8, 4) is 11.8 Å². The molecule has 0 heterocycles. The first-order valence-electron chi connectivity index (χ1n) is 4.54. The molecule has 17 heavy (non-hydrogen) atoms. The maximum atomic E-state index is 12.8. The number of nitrogens with zero attached hydrogens (tertiary/aromatic N) is 1. The standard InChI is InChI=1S/C11H8F3NO2/c1-17-9-5-7(6-16)4-8(2-3-15)10(9)11(12,13)14/h4-6H,2H2,1H3.